The van der Waals surface area contributed by atoms with E-state index < -0.39 is 0 Å². The van der Waals surface area contributed by atoms with Crippen molar-refractivity contribution >= 4 is 5.69 Å². The van der Waals surface area contributed by atoms with E-state index in [4.69, 9.17) is 4.42 Å². The minimum Gasteiger partial charge on any atom is -0.445 e. The van der Waals surface area contributed by atoms with Crippen LogP contribution in [-0.4, -0.2) is 11.5 Å². The lowest BCUT2D eigenvalue weighted by Gasteiger charge is -2.11. The highest BCUT2D eigenvalue weighted by atomic mass is 16.3. The number of aromatic nitrogens is 1. The van der Waals surface area contributed by atoms with Crippen molar-refractivity contribution in [3.05, 3.63) is 47.9 Å². The Kier molecular flexibility index (Phi) is 5.61. The topological polar surface area (TPSA) is 38.1 Å². The minimum absolute atomic E-state index is 0.670. The molecule has 1 aromatic heterocycles. The molecule has 3 heteroatoms. The van der Waals surface area contributed by atoms with Crippen LogP contribution in [0.4, 0.5) is 5.69 Å². The van der Waals surface area contributed by atoms with Crippen molar-refractivity contribution in [1.82, 2.24) is 4.98 Å². The molecule has 0 aliphatic rings. The monoisotopic (exact) mass is 284 g/mol. The number of aryl methyl sites for hydroxylation is 1. The maximum Gasteiger partial charge on any atom is 0.225 e. The van der Waals surface area contributed by atoms with Gasteiger partial charge in [-0.2, -0.15) is 0 Å². The van der Waals surface area contributed by atoms with Gasteiger partial charge in [0.1, 0.15) is 6.26 Å². The van der Waals surface area contributed by atoms with Crippen LogP contribution in [0.2, 0.25) is 0 Å². The summed E-state index contributed by atoms with van der Waals surface area (Å²) in [4.78, 5) is 4.18. The highest BCUT2D eigenvalue weighted by molar-refractivity contribution is 5.62. The first kappa shape index (κ1) is 15.4. The second-order valence-electron chi connectivity index (χ2n) is 5.17. The largest absolute Gasteiger partial charge is 0.445 e. The molecular weight excluding hydrogens is 260 g/mol. The average molecular weight is 284 g/mol. The molecule has 3 nitrogen and oxygen atoms in total. The lowest BCUT2D eigenvalue weighted by Crippen LogP contribution is -2.04. The summed E-state index contributed by atoms with van der Waals surface area (Å²) < 4.78 is 5.33. The molecule has 0 unspecified atom stereocenters. The van der Waals surface area contributed by atoms with Gasteiger partial charge in [0.05, 0.1) is 6.20 Å². The summed E-state index contributed by atoms with van der Waals surface area (Å²) in [5.41, 5.74) is 4.93. The Labute approximate surface area is 127 Å². The Morgan fingerprint density at radius 3 is 2.81 bits per heavy atom. The molecule has 0 amide bonds. The molecule has 2 rings (SSSR count). The maximum atomic E-state index is 5.33. The van der Waals surface area contributed by atoms with Gasteiger partial charge in [-0.05, 0) is 49.9 Å². The summed E-state index contributed by atoms with van der Waals surface area (Å²) in [7, 11) is 0. The molecule has 1 N–H and O–H groups in total. The molecule has 2 aromatic rings. The van der Waals surface area contributed by atoms with Crippen LogP contribution in [0.25, 0.3) is 11.5 Å². The van der Waals surface area contributed by atoms with E-state index in [1.54, 1.807) is 12.5 Å². The quantitative estimate of drug-likeness (QED) is 0.710. The zero-order chi connectivity index (χ0) is 15.1. The van der Waals surface area contributed by atoms with Gasteiger partial charge in [0, 0.05) is 17.8 Å². The lowest BCUT2D eigenvalue weighted by molar-refractivity contribution is 0.574. The molecule has 1 heterocycles. The van der Waals surface area contributed by atoms with E-state index in [-0.39, 0.29) is 0 Å². The number of nitrogens with one attached hydrogen (secondary N) is 1. The third-order valence-corrected chi connectivity index (χ3v) is 3.61. The van der Waals surface area contributed by atoms with Crippen LogP contribution < -0.4 is 5.32 Å². The molecule has 0 bridgehead atoms. The molecule has 0 aliphatic carbocycles. The predicted octanol–water partition coefficient (Wildman–Crippen LogP) is 5.20. The number of hydrogen-bond donors (Lipinski definition) is 1. The first-order valence-electron chi connectivity index (χ1n) is 7.66. The smallest absolute Gasteiger partial charge is 0.225 e. The Balaban J connectivity index is 1.97. The highest BCUT2D eigenvalue weighted by Gasteiger charge is 2.05. The molecule has 0 fully saturated rings. The summed E-state index contributed by atoms with van der Waals surface area (Å²) in [5.74, 6) is 0.670. The summed E-state index contributed by atoms with van der Waals surface area (Å²) in [6.45, 7) is 7.49. The molecule has 0 saturated heterocycles. The second-order valence-corrected chi connectivity index (χ2v) is 5.17. The second kappa shape index (κ2) is 7.67. The zero-order valence-electron chi connectivity index (χ0n) is 13.1. The van der Waals surface area contributed by atoms with Crippen molar-refractivity contribution in [3.8, 4) is 11.5 Å². The van der Waals surface area contributed by atoms with Gasteiger partial charge < -0.3 is 9.73 Å². The van der Waals surface area contributed by atoms with Crippen LogP contribution in [0.1, 0.15) is 38.7 Å². The van der Waals surface area contributed by atoms with Crippen molar-refractivity contribution < 1.29 is 4.42 Å². The fraction of sp³-hybridized carbons (Fsp3) is 0.389. The molecular formula is C18H24N2O. The fourth-order valence-corrected chi connectivity index (χ4v) is 2.43. The SMILES string of the molecule is CCC=C(CC)CCNc1ccc(-c2ncco2)cc1C. The van der Waals surface area contributed by atoms with Crippen LogP contribution in [0.3, 0.4) is 0 Å². The number of oxazole rings is 1. The molecule has 0 spiro atoms. The van der Waals surface area contributed by atoms with E-state index in [1.165, 1.54) is 16.8 Å². The number of benzene rings is 1. The van der Waals surface area contributed by atoms with Gasteiger partial charge in [0.15, 0.2) is 0 Å². The Morgan fingerprint density at radius 2 is 2.19 bits per heavy atom. The van der Waals surface area contributed by atoms with Gasteiger partial charge in [-0.1, -0.05) is 25.5 Å². The van der Waals surface area contributed by atoms with E-state index in [0.717, 1.165) is 31.4 Å². The van der Waals surface area contributed by atoms with Gasteiger partial charge in [0.2, 0.25) is 5.89 Å². The molecule has 0 atom stereocenters. The number of rotatable bonds is 7. The molecule has 1 aromatic carbocycles. The van der Waals surface area contributed by atoms with Gasteiger partial charge in [0.25, 0.3) is 0 Å². The highest BCUT2D eigenvalue weighted by Crippen LogP contribution is 2.23. The third kappa shape index (κ3) is 4.22. The first-order valence-corrected chi connectivity index (χ1v) is 7.66. The van der Waals surface area contributed by atoms with E-state index >= 15 is 0 Å². The van der Waals surface area contributed by atoms with Crippen LogP contribution >= 0.6 is 0 Å². The number of anilines is 1. The summed E-state index contributed by atoms with van der Waals surface area (Å²) in [5, 5.41) is 3.52. The molecule has 112 valence electrons. The maximum absolute atomic E-state index is 5.33. The van der Waals surface area contributed by atoms with Crippen molar-refractivity contribution in [2.45, 2.75) is 40.0 Å². The van der Waals surface area contributed by atoms with Crippen LogP contribution in [0, 0.1) is 6.92 Å². The first-order chi connectivity index (χ1) is 10.2. The Morgan fingerprint density at radius 1 is 1.33 bits per heavy atom. The fourth-order valence-electron chi connectivity index (χ4n) is 2.43. The number of allylic oxidation sites excluding steroid dienone is 1. The van der Waals surface area contributed by atoms with E-state index in [1.807, 2.05) is 6.07 Å². The van der Waals surface area contributed by atoms with Crippen molar-refractivity contribution in [1.29, 1.82) is 0 Å². The summed E-state index contributed by atoms with van der Waals surface area (Å²) >= 11 is 0. The van der Waals surface area contributed by atoms with Crippen molar-refractivity contribution in [2.75, 3.05) is 11.9 Å². The third-order valence-electron chi connectivity index (χ3n) is 3.61. The van der Waals surface area contributed by atoms with Gasteiger partial charge in [-0.25, -0.2) is 4.98 Å². The standard InChI is InChI=1S/C18H24N2O/c1-4-6-15(5-2)9-10-19-17-8-7-16(13-14(17)3)18-20-11-12-21-18/h6-8,11-13,19H,4-5,9-10H2,1-3H3. The molecule has 21 heavy (non-hydrogen) atoms. The molecule has 0 aliphatic heterocycles. The lowest BCUT2D eigenvalue weighted by atomic mass is 10.1. The van der Waals surface area contributed by atoms with Crippen LogP contribution in [-0.2, 0) is 0 Å². The minimum atomic E-state index is 0.670. The van der Waals surface area contributed by atoms with Crippen LogP contribution in [0.5, 0.6) is 0 Å². The van der Waals surface area contributed by atoms with E-state index in [0.29, 0.717) is 5.89 Å². The van der Waals surface area contributed by atoms with Gasteiger partial charge >= 0.3 is 0 Å². The van der Waals surface area contributed by atoms with Gasteiger partial charge in [-0.3, -0.25) is 0 Å². The normalized spacial score (nSPS) is 11.7. The zero-order valence-corrected chi connectivity index (χ0v) is 13.1. The Hall–Kier alpha value is -2.03. The number of nitrogens with zero attached hydrogens (tertiary/aromatic N) is 1. The Bertz CT molecular complexity index is 585. The molecule has 0 saturated carbocycles. The van der Waals surface area contributed by atoms with E-state index in [2.05, 4.69) is 49.3 Å². The van der Waals surface area contributed by atoms with E-state index in [9.17, 15) is 0 Å². The van der Waals surface area contributed by atoms with Crippen LogP contribution in [0.15, 0.2) is 46.7 Å². The van der Waals surface area contributed by atoms with Crippen molar-refractivity contribution in [3.63, 3.8) is 0 Å². The summed E-state index contributed by atoms with van der Waals surface area (Å²) in [6.07, 6.45) is 8.96. The van der Waals surface area contributed by atoms with Crippen molar-refractivity contribution in [2.24, 2.45) is 0 Å². The summed E-state index contributed by atoms with van der Waals surface area (Å²) in [6, 6.07) is 6.25. The average Bonchev–Trinajstić information content (AvgIpc) is 3.02. The number of hydrogen-bond acceptors (Lipinski definition) is 3. The van der Waals surface area contributed by atoms with Gasteiger partial charge in [-0.15, -0.1) is 0 Å². The molecule has 0 radical (unpaired) electrons. The predicted molar refractivity (Wildman–Crippen MR) is 88.4 cm³/mol.